The Bertz CT molecular complexity index is 764. The molecule has 138 valence electrons. The van der Waals surface area contributed by atoms with Crippen LogP contribution in [0.2, 0.25) is 0 Å². The highest BCUT2D eigenvalue weighted by Gasteiger charge is 2.34. The van der Waals surface area contributed by atoms with Crippen molar-refractivity contribution in [2.45, 2.75) is 37.9 Å². The van der Waals surface area contributed by atoms with Gasteiger partial charge >= 0.3 is 12.0 Å². The molecule has 1 aliphatic rings. The average Bonchev–Trinajstić information content (AvgIpc) is 3.30. The molecule has 1 aliphatic heterocycles. The summed E-state index contributed by atoms with van der Waals surface area (Å²) in [7, 11) is 0. The van der Waals surface area contributed by atoms with Crippen molar-refractivity contribution in [3.05, 3.63) is 47.6 Å². The molecule has 0 spiro atoms. The van der Waals surface area contributed by atoms with Crippen LogP contribution in [0.5, 0.6) is 0 Å². The van der Waals surface area contributed by atoms with Crippen LogP contribution in [0.15, 0.2) is 34.9 Å². The summed E-state index contributed by atoms with van der Waals surface area (Å²) in [6, 6.07) is 8.08. The summed E-state index contributed by atoms with van der Waals surface area (Å²) in [5.41, 5.74) is 7.16. The van der Waals surface area contributed by atoms with E-state index in [1.165, 1.54) is 4.90 Å². The standard InChI is InChI=1S/C17H21N5O4/c18-12(9-11-5-2-1-3-6-11)15-20-14(26-21-15)10-19-17(25)22-8-4-7-13(22)16(23)24/h1-3,5-6,12-13H,4,7-10,18H2,(H,19,25)(H,23,24)/t12-,13+/m0/s1. The van der Waals surface area contributed by atoms with Crippen molar-refractivity contribution < 1.29 is 19.2 Å². The third-order valence-corrected chi connectivity index (χ3v) is 4.30. The van der Waals surface area contributed by atoms with Crippen molar-refractivity contribution in [2.75, 3.05) is 6.54 Å². The Morgan fingerprint density at radius 1 is 1.38 bits per heavy atom. The van der Waals surface area contributed by atoms with Gasteiger partial charge in [-0.15, -0.1) is 0 Å². The quantitative estimate of drug-likeness (QED) is 0.702. The fourth-order valence-corrected chi connectivity index (χ4v) is 2.97. The van der Waals surface area contributed by atoms with Crippen molar-refractivity contribution >= 4 is 12.0 Å². The lowest BCUT2D eigenvalue weighted by Gasteiger charge is -2.21. The largest absolute Gasteiger partial charge is 0.480 e. The number of aromatic nitrogens is 2. The SMILES string of the molecule is N[C@@H](Cc1ccccc1)c1noc(CNC(=O)N2CCC[C@@H]2C(=O)O)n1. The highest BCUT2D eigenvalue weighted by molar-refractivity contribution is 5.83. The van der Waals surface area contributed by atoms with E-state index in [1.807, 2.05) is 30.3 Å². The number of nitrogens with zero attached hydrogens (tertiary/aromatic N) is 3. The molecule has 3 rings (SSSR count). The van der Waals surface area contributed by atoms with Crippen LogP contribution in [-0.2, 0) is 17.8 Å². The van der Waals surface area contributed by atoms with Crippen molar-refractivity contribution in [2.24, 2.45) is 5.73 Å². The number of nitrogens with one attached hydrogen (secondary N) is 1. The minimum Gasteiger partial charge on any atom is -0.480 e. The summed E-state index contributed by atoms with van der Waals surface area (Å²) >= 11 is 0. The summed E-state index contributed by atoms with van der Waals surface area (Å²) < 4.78 is 5.12. The number of benzene rings is 1. The van der Waals surface area contributed by atoms with E-state index < -0.39 is 24.1 Å². The molecular weight excluding hydrogens is 338 g/mol. The summed E-state index contributed by atoms with van der Waals surface area (Å²) in [5, 5.41) is 15.6. The first kappa shape index (κ1) is 17.9. The van der Waals surface area contributed by atoms with Crippen molar-refractivity contribution in [1.82, 2.24) is 20.4 Å². The average molecular weight is 359 g/mol. The van der Waals surface area contributed by atoms with Gasteiger partial charge in [-0.05, 0) is 24.8 Å². The van der Waals surface area contributed by atoms with Gasteiger partial charge in [0.2, 0.25) is 5.89 Å². The molecule has 1 aromatic carbocycles. The Labute approximate surface area is 150 Å². The van der Waals surface area contributed by atoms with Crippen LogP contribution in [0.25, 0.3) is 0 Å². The fourth-order valence-electron chi connectivity index (χ4n) is 2.97. The first-order valence-corrected chi connectivity index (χ1v) is 8.44. The van der Waals surface area contributed by atoms with Gasteiger partial charge in [0.05, 0.1) is 12.6 Å². The molecule has 9 heteroatoms. The zero-order valence-corrected chi connectivity index (χ0v) is 14.2. The molecule has 0 radical (unpaired) electrons. The Hall–Kier alpha value is -2.94. The molecule has 0 unspecified atom stereocenters. The van der Waals surface area contributed by atoms with Crippen LogP contribution in [0.1, 0.15) is 36.2 Å². The highest BCUT2D eigenvalue weighted by atomic mass is 16.5. The van der Waals surface area contributed by atoms with Crippen LogP contribution in [0.3, 0.4) is 0 Å². The van der Waals surface area contributed by atoms with E-state index in [-0.39, 0.29) is 12.4 Å². The van der Waals surface area contributed by atoms with Gasteiger partial charge in [0.25, 0.3) is 0 Å². The van der Waals surface area contributed by atoms with E-state index in [0.717, 1.165) is 5.56 Å². The van der Waals surface area contributed by atoms with E-state index in [2.05, 4.69) is 15.5 Å². The second-order valence-electron chi connectivity index (χ2n) is 6.19. The Morgan fingerprint density at radius 2 is 2.15 bits per heavy atom. The molecule has 0 saturated carbocycles. The predicted molar refractivity (Wildman–Crippen MR) is 91.0 cm³/mol. The van der Waals surface area contributed by atoms with Crippen molar-refractivity contribution in [3.63, 3.8) is 0 Å². The van der Waals surface area contributed by atoms with Crippen LogP contribution < -0.4 is 11.1 Å². The fraction of sp³-hybridized carbons (Fsp3) is 0.412. The smallest absolute Gasteiger partial charge is 0.326 e. The highest BCUT2D eigenvalue weighted by Crippen LogP contribution is 2.17. The van der Waals surface area contributed by atoms with Crippen molar-refractivity contribution in [1.29, 1.82) is 0 Å². The molecule has 2 atom stereocenters. The maximum Gasteiger partial charge on any atom is 0.326 e. The van der Waals surface area contributed by atoms with Crippen LogP contribution in [0.4, 0.5) is 4.79 Å². The minimum atomic E-state index is -0.996. The van der Waals surface area contributed by atoms with E-state index in [0.29, 0.717) is 31.6 Å². The predicted octanol–water partition coefficient (Wildman–Crippen LogP) is 1.07. The molecule has 0 bridgehead atoms. The van der Waals surface area contributed by atoms with Gasteiger partial charge in [-0.2, -0.15) is 4.98 Å². The zero-order chi connectivity index (χ0) is 18.5. The first-order valence-electron chi connectivity index (χ1n) is 8.44. The maximum atomic E-state index is 12.2. The number of carbonyl (C=O) groups excluding carboxylic acids is 1. The normalized spacial score (nSPS) is 17.9. The van der Waals surface area contributed by atoms with Gasteiger partial charge in [-0.3, -0.25) is 0 Å². The number of aliphatic carboxylic acids is 1. The molecule has 9 nitrogen and oxygen atoms in total. The van der Waals surface area contributed by atoms with E-state index >= 15 is 0 Å². The lowest BCUT2D eigenvalue weighted by molar-refractivity contribution is -0.141. The van der Waals surface area contributed by atoms with Crippen LogP contribution in [-0.4, -0.2) is 44.7 Å². The molecule has 26 heavy (non-hydrogen) atoms. The molecule has 1 aromatic heterocycles. The number of amides is 2. The van der Waals surface area contributed by atoms with Gasteiger partial charge < -0.3 is 25.6 Å². The lowest BCUT2D eigenvalue weighted by atomic mass is 10.1. The van der Waals surface area contributed by atoms with Gasteiger partial charge in [0.1, 0.15) is 6.04 Å². The third kappa shape index (κ3) is 4.17. The number of carboxylic acid groups (broad SMARTS) is 1. The van der Waals surface area contributed by atoms with Crippen LogP contribution in [0, 0.1) is 0 Å². The summed E-state index contributed by atoms with van der Waals surface area (Å²) in [5.74, 6) is -0.407. The molecule has 2 amide bonds. The monoisotopic (exact) mass is 359 g/mol. The number of rotatable bonds is 6. The van der Waals surface area contributed by atoms with Gasteiger partial charge in [-0.25, -0.2) is 9.59 Å². The zero-order valence-electron chi connectivity index (χ0n) is 14.2. The third-order valence-electron chi connectivity index (χ3n) is 4.30. The number of hydrogen-bond acceptors (Lipinski definition) is 6. The Morgan fingerprint density at radius 3 is 2.88 bits per heavy atom. The number of hydrogen-bond donors (Lipinski definition) is 3. The molecule has 1 fully saturated rings. The molecule has 2 heterocycles. The second kappa shape index (κ2) is 7.96. The molecule has 2 aromatic rings. The van der Waals surface area contributed by atoms with E-state index in [9.17, 15) is 9.59 Å². The lowest BCUT2D eigenvalue weighted by Crippen LogP contribution is -2.45. The summed E-state index contributed by atoms with van der Waals surface area (Å²) in [4.78, 5) is 28.8. The number of carboxylic acids is 1. The van der Waals surface area contributed by atoms with Gasteiger partial charge in [0.15, 0.2) is 5.82 Å². The molecular formula is C17H21N5O4. The molecule has 1 saturated heterocycles. The van der Waals surface area contributed by atoms with E-state index in [1.54, 1.807) is 0 Å². The summed E-state index contributed by atoms with van der Waals surface area (Å²) in [6.45, 7) is 0.437. The first-order chi connectivity index (χ1) is 12.5. The molecule has 4 N–H and O–H groups in total. The second-order valence-corrected chi connectivity index (χ2v) is 6.19. The minimum absolute atomic E-state index is 0.0206. The molecule has 0 aliphatic carbocycles. The number of urea groups is 1. The summed E-state index contributed by atoms with van der Waals surface area (Å²) in [6.07, 6.45) is 1.70. The Kier molecular flexibility index (Phi) is 5.47. The number of nitrogens with two attached hydrogens (primary N) is 1. The maximum absolute atomic E-state index is 12.2. The van der Waals surface area contributed by atoms with E-state index in [4.69, 9.17) is 15.4 Å². The number of likely N-dealkylation sites (tertiary alicyclic amines) is 1. The topological polar surface area (TPSA) is 135 Å². The van der Waals surface area contributed by atoms with Gasteiger partial charge in [-0.1, -0.05) is 35.5 Å². The van der Waals surface area contributed by atoms with Gasteiger partial charge in [0, 0.05) is 6.54 Å². The Balaban J connectivity index is 1.53. The number of carbonyl (C=O) groups is 2. The van der Waals surface area contributed by atoms with Crippen molar-refractivity contribution in [3.8, 4) is 0 Å². The van der Waals surface area contributed by atoms with Crippen LogP contribution >= 0.6 is 0 Å².